The van der Waals surface area contributed by atoms with Gasteiger partial charge in [0.15, 0.2) is 12.2 Å². The van der Waals surface area contributed by atoms with Crippen LogP contribution >= 0.6 is 15.6 Å². The number of hydrogen-bond donors (Lipinski definition) is 3. The Bertz CT molecular complexity index is 2080. The largest absolute Gasteiger partial charge is 0.472 e. The molecule has 0 spiro atoms. The maximum absolute atomic E-state index is 13.2. The van der Waals surface area contributed by atoms with Crippen LogP contribution in [-0.4, -0.2) is 96.7 Å². The molecule has 5 atom stereocenters. The van der Waals surface area contributed by atoms with Crippen LogP contribution in [0, 0.1) is 5.92 Å². The summed E-state index contributed by atoms with van der Waals surface area (Å²) in [4.78, 5) is 73.4. The number of rotatable bonds is 91. The van der Waals surface area contributed by atoms with E-state index >= 15 is 0 Å². The van der Waals surface area contributed by atoms with Crippen LogP contribution in [-0.2, 0) is 65.4 Å². The van der Waals surface area contributed by atoms with Crippen molar-refractivity contribution in [1.82, 2.24) is 0 Å². The van der Waals surface area contributed by atoms with Crippen molar-refractivity contribution in [2.75, 3.05) is 39.6 Å². The van der Waals surface area contributed by atoms with Crippen LogP contribution in [0.25, 0.3) is 0 Å². The number of carbonyl (C=O) groups excluding carboxylic acids is 4. The highest BCUT2D eigenvalue weighted by molar-refractivity contribution is 7.47. The molecule has 19 heteroatoms. The lowest BCUT2D eigenvalue weighted by atomic mass is 10.0. The van der Waals surface area contributed by atoms with E-state index in [1.54, 1.807) is 0 Å². The molecule has 0 aliphatic carbocycles. The van der Waals surface area contributed by atoms with Gasteiger partial charge in [0.2, 0.25) is 0 Å². The molecule has 0 saturated heterocycles. The first kappa shape index (κ1) is 108. The molecule has 3 N–H and O–H groups in total. The third-order valence-electron chi connectivity index (χ3n) is 21.5. The highest BCUT2D eigenvalue weighted by Gasteiger charge is 2.31. The zero-order valence-electron chi connectivity index (χ0n) is 72.4. The van der Waals surface area contributed by atoms with Gasteiger partial charge in [-0.15, -0.1) is 0 Å². The zero-order valence-corrected chi connectivity index (χ0v) is 74.2. The molecule has 0 radical (unpaired) electrons. The highest BCUT2D eigenvalue weighted by atomic mass is 31.2. The van der Waals surface area contributed by atoms with Crippen LogP contribution < -0.4 is 0 Å². The molecule has 17 nitrogen and oxygen atoms in total. The molecule has 0 heterocycles. The van der Waals surface area contributed by atoms with Crippen molar-refractivity contribution in [3.63, 3.8) is 0 Å². The van der Waals surface area contributed by atoms with Gasteiger partial charge in [-0.3, -0.25) is 37.3 Å². The Morgan fingerprint density at radius 3 is 0.618 bits per heavy atom. The van der Waals surface area contributed by atoms with Gasteiger partial charge in [-0.2, -0.15) is 0 Å². The number of aliphatic hydroxyl groups excluding tert-OH is 1. The van der Waals surface area contributed by atoms with Crippen LogP contribution in [0.3, 0.4) is 0 Å². The number of carbonyl (C=O) groups is 4. The quantitative estimate of drug-likeness (QED) is 0.0222. The van der Waals surface area contributed by atoms with E-state index in [0.717, 1.165) is 95.8 Å². The van der Waals surface area contributed by atoms with Gasteiger partial charge in [-0.05, 0) is 31.6 Å². The summed E-state index contributed by atoms with van der Waals surface area (Å²) >= 11 is 0. The number of ether oxygens (including phenoxy) is 4. The summed E-state index contributed by atoms with van der Waals surface area (Å²) in [6.07, 6.45) is 79.4. The number of esters is 4. The first-order valence-electron chi connectivity index (χ1n) is 47.1. The number of aliphatic hydroxyl groups is 1. The van der Waals surface area contributed by atoms with E-state index < -0.39 is 97.5 Å². The second-order valence-corrected chi connectivity index (χ2v) is 36.1. The van der Waals surface area contributed by atoms with Crippen LogP contribution in [0.5, 0.6) is 0 Å². The third-order valence-corrected chi connectivity index (χ3v) is 23.4. The van der Waals surface area contributed by atoms with Crippen molar-refractivity contribution >= 4 is 39.5 Å². The molecule has 110 heavy (non-hydrogen) atoms. The van der Waals surface area contributed by atoms with Crippen molar-refractivity contribution in [2.24, 2.45) is 5.92 Å². The lowest BCUT2D eigenvalue weighted by Gasteiger charge is -2.21. The average molecular weight is 1610 g/mol. The molecule has 0 saturated carbocycles. The molecule has 0 aliphatic rings. The van der Waals surface area contributed by atoms with Crippen molar-refractivity contribution in [3.8, 4) is 0 Å². The zero-order chi connectivity index (χ0) is 80.4. The summed E-state index contributed by atoms with van der Waals surface area (Å²) in [5, 5.41) is 10.7. The highest BCUT2D eigenvalue weighted by Crippen LogP contribution is 2.45. The van der Waals surface area contributed by atoms with Gasteiger partial charge >= 0.3 is 39.5 Å². The Kier molecular flexibility index (Phi) is 82.1. The molecule has 0 bridgehead atoms. The fourth-order valence-electron chi connectivity index (χ4n) is 14.4. The average Bonchev–Trinajstić information content (AvgIpc) is 0.894. The molecular formula is C91H178O17P2. The number of phosphoric ester groups is 2. The summed E-state index contributed by atoms with van der Waals surface area (Å²) in [6, 6.07) is 0. The minimum absolute atomic E-state index is 0.109. The fourth-order valence-corrected chi connectivity index (χ4v) is 15.9. The van der Waals surface area contributed by atoms with Crippen LogP contribution in [0.1, 0.15) is 497 Å². The van der Waals surface area contributed by atoms with Gasteiger partial charge in [0.05, 0.1) is 26.4 Å². The Balaban J connectivity index is 5.23. The molecular weight excluding hydrogens is 1430 g/mol. The van der Waals surface area contributed by atoms with Crippen LogP contribution in [0.4, 0.5) is 0 Å². The molecule has 0 rings (SSSR count). The molecule has 0 aromatic carbocycles. The van der Waals surface area contributed by atoms with Gasteiger partial charge in [-0.25, -0.2) is 9.13 Å². The molecule has 0 aromatic heterocycles. The normalized spacial score (nSPS) is 13.7. The molecule has 654 valence electrons. The molecule has 2 unspecified atom stereocenters. The van der Waals surface area contributed by atoms with Crippen LogP contribution in [0.15, 0.2) is 0 Å². The first-order valence-corrected chi connectivity index (χ1v) is 50.1. The maximum atomic E-state index is 13.2. The van der Waals surface area contributed by atoms with E-state index in [1.165, 1.54) is 321 Å². The second-order valence-electron chi connectivity index (χ2n) is 33.2. The van der Waals surface area contributed by atoms with E-state index in [2.05, 4.69) is 34.6 Å². The number of unbranched alkanes of at least 4 members (excludes halogenated alkanes) is 63. The Morgan fingerprint density at radius 2 is 0.418 bits per heavy atom. The van der Waals surface area contributed by atoms with Crippen molar-refractivity contribution < 1.29 is 80.2 Å². The molecule has 0 aromatic rings. The minimum Gasteiger partial charge on any atom is -0.462 e. The Morgan fingerprint density at radius 1 is 0.245 bits per heavy atom. The van der Waals surface area contributed by atoms with E-state index in [4.69, 9.17) is 37.0 Å². The lowest BCUT2D eigenvalue weighted by molar-refractivity contribution is -0.161. The predicted octanol–water partition coefficient (Wildman–Crippen LogP) is 28.3. The summed E-state index contributed by atoms with van der Waals surface area (Å²) in [6.45, 7) is 7.36. The topological polar surface area (TPSA) is 237 Å². The van der Waals surface area contributed by atoms with E-state index in [9.17, 15) is 43.2 Å². The van der Waals surface area contributed by atoms with Crippen LogP contribution in [0.2, 0.25) is 0 Å². The Labute approximate surface area is 677 Å². The Hall–Kier alpha value is -1.94. The van der Waals surface area contributed by atoms with Gasteiger partial charge in [0.1, 0.15) is 19.3 Å². The smallest absolute Gasteiger partial charge is 0.462 e. The van der Waals surface area contributed by atoms with Crippen molar-refractivity contribution in [3.05, 3.63) is 0 Å². The number of phosphoric acid groups is 2. The predicted molar refractivity (Wildman–Crippen MR) is 455 cm³/mol. The summed E-state index contributed by atoms with van der Waals surface area (Å²) in [7, 11) is -9.93. The summed E-state index contributed by atoms with van der Waals surface area (Å²) < 4.78 is 69.1. The third kappa shape index (κ3) is 84.0. The summed E-state index contributed by atoms with van der Waals surface area (Å²) in [5.41, 5.74) is 0. The van der Waals surface area contributed by atoms with Gasteiger partial charge < -0.3 is 33.8 Å². The van der Waals surface area contributed by atoms with Crippen molar-refractivity contribution in [1.29, 1.82) is 0 Å². The molecule has 0 aliphatic heterocycles. The monoisotopic (exact) mass is 1610 g/mol. The molecule has 0 amide bonds. The van der Waals surface area contributed by atoms with Crippen molar-refractivity contribution in [2.45, 2.75) is 515 Å². The number of hydrogen-bond acceptors (Lipinski definition) is 15. The van der Waals surface area contributed by atoms with Gasteiger partial charge in [-0.1, -0.05) is 446 Å². The van der Waals surface area contributed by atoms with E-state index in [0.29, 0.717) is 25.7 Å². The molecule has 0 fully saturated rings. The fraction of sp³-hybridized carbons (Fsp3) is 0.956. The maximum Gasteiger partial charge on any atom is 0.472 e. The SMILES string of the molecule is CCCCCCCCCCCCCCCCCCCCCCCCC(=O)O[C@H](COC(=O)CCCCCCCCCCCCCCCCCCCCC)COP(=O)(O)OC[C@@H](O)COP(=O)(O)OC[C@@H](COC(=O)CCCCCCCCCCC(C)C)OC(=O)CCCCCCCCCCCCCCCCCCCC. The first-order chi connectivity index (χ1) is 53.5. The lowest BCUT2D eigenvalue weighted by Crippen LogP contribution is -2.30. The van der Waals surface area contributed by atoms with Gasteiger partial charge in [0.25, 0.3) is 0 Å². The summed E-state index contributed by atoms with van der Waals surface area (Å²) in [5.74, 6) is -1.37. The standard InChI is InChI=1S/C91H178O17P2/c1-6-9-12-15-18-21-24-27-30-33-36-37-38-40-43-46-49-52-55-62-67-72-76-90(95)107-86(80-101-88(93)74-69-64-59-53-50-47-44-42-39-34-31-28-25-22-19-16-13-10-7-2)82-105-109(97,98)103-78-85(92)79-104-110(99,100)106-83-87(81-102-89(94)75-70-65-60-57-56-58-63-68-73-84(4)5)108-91(96)77-71-66-61-54-51-48-45-41-35-32-29-26-23-20-17-14-11-8-3/h84-87,92H,6-83H2,1-5H3,(H,97,98)(H,99,100)/t85-,86-,87-/m1/s1. The van der Waals surface area contributed by atoms with E-state index in [-0.39, 0.29) is 25.7 Å². The van der Waals surface area contributed by atoms with E-state index in [1.807, 2.05) is 0 Å². The van der Waals surface area contributed by atoms with Gasteiger partial charge in [0, 0.05) is 25.7 Å². The second kappa shape index (κ2) is 83.5. The minimum atomic E-state index is -4.97.